The molecule has 0 radical (unpaired) electrons. The van der Waals surface area contributed by atoms with Crippen molar-refractivity contribution < 1.29 is 0 Å². The molecule has 8 nitrogen and oxygen atoms in total. The van der Waals surface area contributed by atoms with Crippen LogP contribution in [0.4, 0.5) is 0 Å². The van der Waals surface area contributed by atoms with Gasteiger partial charge in [-0.2, -0.15) is 0 Å². The van der Waals surface area contributed by atoms with E-state index >= 15 is 0 Å². The minimum absolute atomic E-state index is 0.793. The highest BCUT2D eigenvalue weighted by Gasteiger charge is 2.25. The van der Waals surface area contributed by atoms with Crippen LogP contribution in [0, 0.1) is 0 Å². The molecule has 0 amide bonds. The zero-order valence-electron chi connectivity index (χ0n) is 32.1. The number of aromatic amines is 2. The first-order valence-electron chi connectivity index (χ1n) is 19.5. The van der Waals surface area contributed by atoms with E-state index in [9.17, 15) is 0 Å². The van der Waals surface area contributed by atoms with Crippen LogP contribution in [-0.2, 0) is 12.8 Å². The number of pyridine rings is 4. The third-order valence-corrected chi connectivity index (χ3v) is 10.9. The summed E-state index contributed by atoms with van der Waals surface area (Å²) >= 11 is 0. The normalized spacial score (nSPS) is 12.8. The lowest BCUT2D eigenvalue weighted by Gasteiger charge is -2.07. The number of hydrogen-bond acceptors (Lipinski definition) is 6. The average Bonchev–Trinajstić information content (AvgIpc) is 3.98. The van der Waals surface area contributed by atoms with Crippen LogP contribution in [0.5, 0.6) is 0 Å². The van der Waals surface area contributed by atoms with Crippen LogP contribution in [0.15, 0.2) is 122 Å². The molecule has 9 rings (SSSR count). The molecule has 7 aromatic heterocycles. The molecule has 8 heteroatoms. The SMILES string of the molecule is CCC1=C(c2cccnc2)c2cc3[nH]c(cc4nc(cc5[nH]c(cc1n2)c(CC)c5-c1cccnc1)C(c1cccnc1)=C4CC)c(CC)c3-c1cccnc1. The number of hydrogen-bond donors (Lipinski definition) is 2. The van der Waals surface area contributed by atoms with Crippen LogP contribution < -0.4 is 0 Å². The van der Waals surface area contributed by atoms with Gasteiger partial charge in [-0.1, -0.05) is 52.0 Å². The van der Waals surface area contributed by atoms with E-state index in [0.717, 1.165) is 115 Å². The van der Waals surface area contributed by atoms with E-state index in [1.807, 2.05) is 73.8 Å². The molecule has 9 heterocycles. The highest BCUT2D eigenvalue weighted by molar-refractivity contribution is 6.04. The van der Waals surface area contributed by atoms with Crippen molar-refractivity contribution in [3.05, 3.63) is 167 Å². The first-order valence-corrected chi connectivity index (χ1v) is 19.5. The largest absolute Gasteiger partial charge is 0.355 e. The maximum absolute atomic E-state index is 5.47. The first-order chi connectivity index (χ1) is 27.6. The van der Waals surface area contributed by atoms with Crippen molar-refractivity contribution in [3.8, 4) is 22.3 Å². The van der Waals surface area contributed by atoms with Gasteiger partial charge in [0.1, 0.15) is 0 Å². The van der Waals surface area contributed by atoms with E-state index in [1.54, 1.807) is 0 Å². The first kappa shape index (κ1) is 34.9. The molecule has 7 aromatic rings. The van der Waals surface area contributed by atoms with E-state index in [0.29, 0.717) is 0 Å². The Balaban J connectivity index is 1.49. The Kier molecular flexibility index (Phi) is 9.23. The molecule has 0 atom stereocenters. The molecule has 0 aliphatic carbocycles. The second-order valence-corrected chi connectivity index (χ2v) is 14.0. The lowest BCUT2D eigenvalue weighted by molar-refractivity contribution is 1.16. The molecule has 8 bridgehead atoms. The number of rotatable bonds is 8. The second kappa shape index (κ2) is 14.8. The van der Waals surface area contributed by atoms with Crippen molar-refractivity contribution in [2.75, 3.05) is 0 Å². The van der Waals surface area contributed by atoms with Gasteiger partial charge in [0, 0.05) is 116 Å². The number of nitrogens with one attached hydrogen (secondary N) is 2. The molecule has 0 fully saturated rings. The number of fused-ring (bicyclic) bond motifs is 8. The number of H-pyrrole nitrogens is 2. The van der Waals surface area contributed by atoms with Crippen LogP contribution in [-0.4, -0.2) is 39.9 Å². The minimum Gasteiger partial charge on any atom is -0.355 e. The number of aromatic nitrogens is 8. The van der Waals surface area contributed by atoms with Crippen LogP contribution in [0.3, 0.4) is 0 Å². The highest BCUT2D eigenvalue weighted by atomic mass is 14.8. The third-order valence-electron chi connectivity index (χ3n) is 10.9. The average molecular weight is 731 g/mol. The fourth-order valence-corrected chi connectivity index (χ4v) is 8.49. The van der Waals surface area contributed by atoms with Gasteiger partial charge in [-0.05, 0) is 96.5 Å². The summed E-state index contributed by atoms with van der Waals surface area (Å²) in [5.41, 5.74) is 20.9. The van der Waals surface area contributed by atoms with Crippen LogP contribution in [0.2, 0.25) is 0 Å². The summed E-state index contributed by atoms with van der Waals surface area (Å²) < 4.78 is 0. The zero-order chi connectivity index (χ0) is 38.2. The standard InChI is InChI=1S/C48H42N8/c1-5-33-37-21-38-34(6-2)46(30-14-10-18-50-26-30)43(54-38)24-44-48(32-16-12-20-52-28-32)36(8-4)40(56-44)22-39-35(7-3)47(31-15-11-19-51-27-31)42(55-39)23-41(53-37)45(33)29-13-9-17-49-25-29/h9-28,53,56H,5-8H2,1-4H3. The Morgan fingerprint density at radius 2 is 0.768 bits per heavy atom. The number of allylic oxidation sites excluding steroid dienone is 2. The molecule has 0 aromatic carbocycles. The van der Waals surface area contributed by atoms with Crippen molar-refractivity contribution in [3.63, 3.8) is 0 Å². The summed E-state index contributed by atoms with van der Waals surface area (Å²) in [7, 11) is 0. The van der Waals surface area contributed by atoms with Gasteiger partial charge < -0.3 is 9.97 Å². The zero-order valence-corrected chi connectivity index (χ0v) is 32.1. The summed E-state index contributed by atoms with van der Waals surface area (Å²) in [5.74, 6) is 0. The van der Waals surface area contributed by atoms with Crippen molar-refractivity contribution in [1.82, 2.24) is 39.9 Å². The van der Waals surface area contributed by atoms with Crippen LogP contribution in [0.25, 0.3) is 66.6 Å². The van der Waals surface area contributed by atoms with Crippen LogP contribution >= 0.6 is 0 Å². The molecule has 2 aliphatic rings. The third kappa shape index (κ3) is 6.04. The molecule has 56 heavy (non-hydrogen) atoms. The van der Waals surface area contributed by atoms with Crippen molar-refractivity contribution in [2.45, 2.75) is 53.4 Å². The van der Waals surface area contributed by atoms with Gasteiger partial charge >= 0.3 is 0 Å². The van der Waals surface area contributed by atoms with E-state index in [-0.39, 0.29) is 0 Å². The molecule has 0 saturated heterocycles. The fraction of sp³-hybridized carbons (Fsp3) is 0.167. The summed E-state index contributed by atoms with van der Waals surface area (Å²) in [5, 5.41) is 0. The Labute approximate surface area is 326 Å². The van der Waals surface area contributed by atoms with Crippen molar-refractivity contribution in [2.24, 2.45) is 0 Å². The summed E-state index contributed by atoms with van der Waals surface area (Å²) in [6, 6.07) is 25.4. The van der Waals surface area contributed by atoms with Crippen molar-refractivity contribution >= 4 is 44.4 Å². The number of nitrogens with zero attached hydrogens (tertiary/aromatic N) is 6. The monoisotopic (exact) mass is 730 g/mol. The van der Waals surface area contributed by atoms with Gasteiger partial charge in [0.2, 0.25) is 0 Å². The van der Waals surface area contributed by atoms with Crippen molar-refractivity contribution in [1.29, 1.82) is 0 Å². The Morgan fingerprint density at radius 3 is 1.09 bits per heavy atom. The van der Waals surface area contributed by atoms with Gasteiger partial charge in [-0.25, -0.2) is 9.97 Å². The maximum Gasteiger partial charge on any atom is 0.0740 e. The van der Waals surface area contributed by atoms with Gasteiger partial charge in [0.25, 0.3) is 0 Å². The quantitative estimate of drug-likeness (QED) is 0.161. The lowest BCUT2D eigenvalue weighted by atomic mass is 9.95. The van der Waals surface area contributed by atoms with E-state index in [4.69, 9.17) is 9.97 Å². The van der Waals surface area contributed by atoms with E-state index < -0.39 is 0 Å². The predicted molar refractivity (Wildman–Crippen MR) is 227 cm³/mol. The van der Waals surface area contributed by atoms with Gasteiger partial charge in [-0.3, -0.25) is 19.9 Å². The van der Waals surface area contributed by atoms with Crippen LogP contribution in [0.1, 0.15) is 85.6 Å². The Bertz CT molecular complexity index is 2620. The van der Waals surface area contributed by atoms with E-state index in [1.165, 1.54) is 22.3 Å². The molecule has 2 aliphatic heterocycles. The predicted octanol–water partition coefficient (Wildman–Crippen LogP) is 11.1. The molecule has 2 N–H and O–H groups in total. The molecular weight excluding hydrogens is 689 g/mol. The molecule has 0 unspecified atom stereocenters. The maximum atomic E-state index is 5.47. The Hall–Kier alpha value is -6.80. The summed E-state index contributed by atoms with van der Waals surface area (Å²) in [4.78, 5) is 36.9. The smallest absolute Gasteiger partial charge is 0.0740 e. The molecule has 0 saturated carbocycles. The summed E-state index contributed by atoms with van der Waals surface area (Å²) in [6.07, 6.45) is 18.3. The Morgan fingerprint density at radius 1 is 0.411 bits per heavy atom. The lowest BCUT2D eigenvalue weighted by Crippen LogP contribution is -1.89. The molecular formula is C48H42N8. The summed E-state index contributed by atoms with van der Waals surface area (Å²) in [6.45, 7) is 8.84. The number of aryl methyl sites for hydroxylation is 2. The molecule has 274 valence electrons. The fourth-order valence-electron chi connectivity index (χ4n) is 8.49. The van der Waals surface area contributed by atoms with E-state index in [2.05, 4.69) is 106 Å². The topological polar surface area (TPSA) is 109 Å². The second-order valence-electron chi connectivity index (χ2n) is 14.0. The highest BCUT2D eigenvalue weighted by Crippen LogP contribution is 2.42. The minimum atomic E-state index is 0.793. The van der Waals surface area contributed by atoms with Gasteiger partial charge in [-0.15, -0.1) is 0 Å². The van der Waals surface area contributed by atoms with Gasteiger partial charge in [0.05, 0.1) is 22.8 Å². The van der Waals surface area contributed by atoms with Gasteiger partial charge in [0.15, 0.2) is 0 Å². The molecule has 0 spiro atoms.